The van der Waals surface area contributed by atoms with Crippen LogP contribution < -0.4 is 14.4 Å². The van der Waals surface area contributed by atoms with E-state index in [1.807, 2.05) is 36.4 Å². The second-order valence-corrected chi connectivity index (χ2v) is 8.48. The molecular formula is C27H25ClN2O6. The van der Waals surface area contributed by atoms with Crippen molar-refractivity contribution in [2.24, 2.45) is 0 Å². The minimum atomic E-state index is -0.520. The maximum atomic E-state index is 12.7. The SMILES string of the molecule is COc1ccc(/C=C/C(=O)c2ccc(N3CCOCC3)cc2)cc1COc1ccc([N+](=O)[O-])cc1Cl. The molecule has 1 fully saturated rings. The Morgan fingerprint density at radius 1 is 1.08 bits per heavy atom. The largest absolute Gasteiger partial charge is 0.496 e. The van der Waals surface area contributed by atoms with Gasteiger partial charge in [0.2, 0.25) is 0 Å². The maximum absolute atomic E-state index is 12.7. The molecule has 0 radical (unpaired) electrons. The van der Waals surface area contributed by atoms with Crippen LogP contribution in [0.4, 0.5) is 11.4 Å². The second kappa shape index (κ2) is 11.7. The molecule has 9 heteroatoms. The van der Waals surface area contributed by atoms with Crippen LogP contribution in [0.5, 0.6) is 11.5 Å². The van der Waals surface area contributed by atoms with E-state index in [1.54, 1.807) is 19.3 Å². The molecule has 0 aromatic heterocycles. The molecule has 1 saturated heterocycles. The van der Waals surface area contributed by atoms with Crippen molar-refractivity contribution in [3.63, 3.8) is 0 Å². The minimum Gasteiger partial charge on any atom is -0.496 e. The minimum absolute atomic E-state index is 0.102. The molecule has 4 rings (SSSR count). The van der Waals surface area contributed by atoms with Gasteiger partial charge in [-0.05, 0) is 54.1 Å². The molecule has 3 aromatic carbocycles. The Kier molecular flexibility index (Phi) is 8.20. The van der Waals surface area contributed by atoms with Gasteiger partial charge >= 0.3 is 0 Å². The van der Waals surface area contributed by atoms with Gasteiger partial charge in [-0.15, -0.1) is 0 Å². The fraction of sp³-hybridized carbons (Fsp3) is 0.222. The van der Waals surface area contributed by atoms with Crippen molar-refractivity contribution in [2.75, 3.05) is 38.3 Å². The molecule has 0 bridgehead atoms. The second-order valence-electron chi connectivity index (χ2n) is 8.08. The molecular weight excluding hydrogens is 484 g/mol. The number of rotatable bonds is 9. The normalized spacial score (nSPS) is 13.6. The summed E-state index contributed by atoms with van der Waals surface area (Å²) in [6.07, 6.45) is 3.27. The molecule has 0 unspecified atom stereocenters. The number of allylic oxidation sites excluding steroid dienone is 1. The summed E-state index contributed by atoms with van der Waals surface area (Å²) in [6.45, 7) is 3.22. The van der Waals surface area contributed by atoms with Gasteiger partial charge in [-0.2, -0.15) is 0 Å². The van der Waals surface area contributed by atoms with Crippen molar-refractivity contribution in [1.82, 2.24) is 0 Å². The van der Waals surface area contributed by atoms with Crippen molar-refractivity contribution >= 4 is 34.8 Å². The van der Waals surface area contributed by atoms with Gasteiger partial charge in [0.15, 0.2) is 5.78 Å². The third kappa shape index (κ3) is 6.21. The van der Waals surface area contributed by atoms with E-state index in [0.29, 0.717) is 30.3 Å². The molecule has 36 heavy (non-hydrogen) atoms. The quantitative estimate of drug-likeness (QED) is 0.161. The standard InChI is InChI=1S/C27H25ClN2O6/c1-34-26-10-3-19(16-21(26)18-36-27-11-8-23(30(32)33)17-24(27)28)2-9-25(31)20-4-6-22(7-5-20)29-12-14-35-15-13-29/h2-11,16-17H,12-15,18H2,1H3/b9-2+. The predicted molar refractivity (Wildman–Crippen MR) is 138 cm³/mol. The molecule has 0 atom stereocenters. The van der Waals surface area contributed by atoms with Gasteiger partial charge in [-0.1, -0.05) is 23.7 Å². The van der Waals surface area contributed by atoms with E-state index in [-0.39, 0.29) is 23.1 Å². The zero-order chi connectivity index (χ0) is 25.5. The van der Waals surface area contributed by atoms with Crippen LogP contribution in [-0.4, -0.2) is 44.1 Å². The number of nitro groups is 1. The van der Waals surface area contributed by atoms with Gasteiger partial charge < -0.3 is 19.1 Å². The lowest BCUT2D eigenvalue weighted by Crippen LogP contribution is -2.36. The highest BCUT2D eigenvalue weighted by molar-refractivity contribution is 6.32. The summed E-state index contributed by atoms with van der Waals surface area (Å²) in [5.74, 6) is 0.825. The molecule has 8 nitrogen and oxygen atoms in total. The number of benzene rings is 3. The van der Waals surface area contributed by atoms with Crippen LogP contribution in [0, 0.1) is 10.1 Å². The number of hydrogen-bond acceptors (Lipinski definition) is 7. The van der Waals surface area contributed by atoms with Crippen LogP contribution in [0.2, 0.25) is 5.02 Å². The molecule has 0 spiro atoms. The summed E-state index contributed by atoms with van der Waals surface area (Å²) in [5, 5.41) is 11.0. The number of anilines is 1. The molecule has 0 aliphatic carbocycles. The van der Waals surface area contributed by atoms with Crippen LogP contribution in [-0.2, 0) is 11.3 Å². The van der Waals surface area contributed by atoms with E-state index in [1.165, 1.54) is 24.3 Å². The maximum Gasteiger partial charge on any atom is 0.271 e. The summed E-state index contributed by atoms with van der Waals surface area (Å²) in [4.78, 5) is 25.3. The van der Waals surface area contributed by atoms with Gasteiger partial charge in [0.1, 0.15) is 18.1 Å². The van der Waals surface area contributed by atoms with E-state index < -0.39 is 4.92 Å². The Bertz CT molecular complexity index is 1270. The fourth-order valence-electron chi connectivity index (χ4n) is 3.82. The van der Waals surface area contributed by atoms with Crippen molar-refractivity contribution < 1.29 is 23.9 Å². The first-order chi connectivity index (χ1) is 17.4. The Labute approximate surface area is 213 Å². The molecule has 186 valence electrons. The third-order valence-corrected chi connectivity index (χ3v) is 6.06. The molecule has 3 aromatic rings. The highest BCUT2D eigenvalue weighted by Gasteiger charge is 2.13. The number of non-ortho nitro benzene ring substituents is 1. The van der Waals surface area contributed by atoms with E-state index in [2.05, 4.69) is 4.90 Å². The average Bonchev–Trinajstić information content (AvgIpc) is 2.91. The van der Waals surface area contributed by atoms with Gasteiger partial charge in [0.25, 0.3) is 5.69 Å². The lowest BCUT2D eigenvalue weighted by atomic mass is 10.1. The predicted octanol–water partition coefficient (Wildman–Crippen LogP) is 5.57. The average molecular weight is 509 g/mol. The van der Waals surface area contributed by atoms with E-state index >= 15 is 0 Å². The molecule has 1 heterocycles. The van der Waals surface area contributed by atoms with Crippen molar-refractivity contribution in [1.29, 1.82) is 0 Å². The van der Waals surface area contributed by atoms with Crippen LogP contribution >= 0.6 is 11.6 Å². The number of morpholine rings is 1. The monoisotopic (exact) mass is 508 g/mol. The summed E-state index contributed by atoms with van der Waals surface area (Å²) >= 11 is 6.12. The molecule has 1 aliphatic rings. The van der Waals surface area contributed by atoms with Crippen LogP contribution in [0.3, 0.4) is 0 Å². The lowest BCUT2D eigenvalue weighted by molar-refractivity contribution is -0.384. The number of carbonyl (C=O) groups is 1. The number of halogens is 1. The molecule has 0 amide bonds. The first kappa shape index (κ1) is 25.2. The summed E-state index contributed by atoms with van der Waals surface area (Å²) < 4.78 is 16.6. The Balaban J connectivity index is 1.43. The van der Waals surface area contributed by atoms with E-state index in [4.69, 9.17) is 25.8 Å². The van der Waals surface area contributed by atoms with Crippen molar-refractivity contribution in [3.8, 4) is 11.5 Å². The van der Waals surface area contributed by atoms with E-state index in [9.17, 15) is 14.9 Å². The van der Waals surface area contributed by atoms with Crippen LogP contribution in [0.25, 0.3) is 6.08 Å². The Hall–Kier alpha value is -3.88. The van der Waals surface area contributed by atoms with Crippen molar-refractivity contribution in [3.05, 3.63) is 98.6 Å². The summed E-state index contributed by atoms with van der Waals surface area (Å²) in [6, 6.07) is 17.1. The first-order valence-corrected chi connectivity index (χ1v) is 11.7. The van der Waals surface area contributed by atoms with Gasteiger partial charge in [0, 0.05) is 42.0 Å². The zero-order valence-corrected chi connectivity index (χ0v) is 20.4. The zero-order valence-electron chi connectivity index (χ0n) is 19.7. The van der Waals surface area contributed by atoms with Gasteiger partial charge in [-0.25, -0.2) is 0 Å². The van der Waals surface area contributed by atoms with Crippen LogP contribution in [0.1, 0.15) is 21.5 Å². The van der Waals surface area contributed by atoms with Crippen LogP contribution in [0.15, 0.2) is 66.7 Å². The number of nitrogens with zero attached hydrogens (tertiary/aromatic N) is 2. The Morgan fingerprint density at radius 2 is 1.81 bits per heavy atom. The number of methoxy groups -OCH3 is 1. The van der Waals surface area contributed by atoms with Gasteiger partial charge in [-0.3, -0.25) is 14.9 Å². The highest BCUT2D eigenvalue weighted by atomic mass is 35.5. The number of ether oxygens (including phenoxy) is 3. The lowest BCUT2D eigenvalue weighted by Gasteiger charge is -2.28. The first-order valence-electron chi connectivity index (χ1n) is 11.3. The molecule has 1 aliphatic heterocycles. The number of hydrogen-bond donors (Lipinski definition) is 0. The number of nitro benzene ring substituents is 1. The third-order valence-electron chi connectivity index (χ3n) is 5.77. The topological polar surface area (TPSA) is 91.1 Å². The smallest absolute Gasteiger partial charge is 0.271 e. The molecule has 0 saturated carbocycles. The Morgan fingerprint density at radius 3 is 2.47 bits per heavy atom. The molecule has 0 N–H and O–H groups in total. The summed E-state index contributed by atoms with van der Waals surface area (Å²) in [7, 11) is 1.55. The number of ketones is 1. The fourth-order valence-corrected chi connectivity index (χ4v) is 4.05. The number of carbonyl (C=O) groups excluding carboxylic acids is 1. The van der Waals surface area contributed by atoms with Crippen molar-refractivity contribution in [2.45, 2.75) is 6.61 Å². The summed E-state index contributed by atoms with van der Waals surface area (Å²) in [5.41, 5.74) is 3.09. The highest BCUT2D eigenvalue weighted by Crippen LogP contribution is 2.30. The van der Waals surface area contributed by atoms with E-state index in [0.717, 1.165) is 29.9 Å². The van der Waals surface area contributed by atoms with Gasteiger partial charge in [0.05, 0.1) is 30.3 Å².